The first-order chi connectivity index (χ1) is 12.4. The van der Waals surface area contributed by atoms with Gasteiger partial charge in [-0.05, 0) is 18.9 Å². The summed E-state index contributed by atoms with van der Waals surface area (Å²) >= 11 is 0. The van der Waals surface area contributed by atoms with Crippen LogP contribution in [0.15, 0.2) is 23.0 Å². The Morgan fingerprint density at radius 2 is 2.27 bits per heavy atom. The van der Waals surface area contributed by atoms with Crippen LogP contribution in [0.1, 0.15) is 23.2 Å². The smallest absolute Gasteiger partial charge is 0.254 e. The number of furan rings is 1. The van der Waals surface area contributed by atoms with Gasteiger partial charge in [-0.3, -0.25) is 14.5 Å². The first kappa shape index (κ1) is 18.9. The number of hydrogen-bond donors (Lipinski definition) is 1. The van der Waals surface area contributed by atoms with E-state index in [-0.39, 0.29) is 30.8 Å². The Balaban J connectivity index is 1.68. The Morgan fingerprint density at radius 3 is 2.96 bits per heavy atom. The van der Waals surface area contributed by atoms with Crippen molar-refractivity contribution >= 4 is 21.8 Å². The molecule has 9 nitrogen and oxygen atoms in total. The highest BCUT2D eigenvalue weighted by atomic mass is 32.2. The van der Waals surface area contributed by atoms with Gasteiger partial charge in [-0.25, -0.2) is 12.7 Å². The van der Waals surface area contributed by atoms with Crippen molar-refractivity contribution in [2.24, 2.45) is 0 Å². The summed E-state index contributed by atoms with van der Waals surface area (Å²) < 4.78 is 35.7. The van der Waals surface area contributed by atoms with Crippen molar-refractivity contribution in [2.45, 2.75) is 24.9 Å². The predicted octanol–water partition coefficient (Wildman–Crippen LogP) is -0.339. The van der Waals surface area contributed by atoms with Gasteiger partial charge in [-0.1, -0.05) is 0 Å². The Hall–Kier alpha value is -1.91. The second kappa shape index (κ2) is 7.77. The number of nitrogens with one attached hydrogen (secondary N) is 1. The van der Waals surface area contributed by atoms with Crippen molar-refractivity contribution in [3.63, 3.8) is 0 Å². The number of amides is 2. The third-order valence-corrected chi connectivity index (χ3v) is 6.47. The lowest BCUT2D eigenvalue weighted by Crippen LogP contribution is -2.44. The molecule has 3 rings (SSSR count). The van der Waals surface area contributed by atoms with E-state index in [0.29, 0.717) is 31.6 Å². The number of carbonyl (C=O) groups excluding carboxylic acids is 2. The van der Waals surface area contributed by atoms with E-state index in [1.54, 1.807) is 6.07 Å². The highest BCUT2D eigenvalue weighted by Crippen LogP contribution is 2.25. The Kier molecular flexibility index (Phi) is 5.64. The number of sulfonamides is 1. The molecule has 2 fully saturated rings. The molecule has 0 saturated carbocycles. The van der Waals surface area contributed by atoms with Crippen molar-refractivity contribution < 1.29 is 27.2 Å². The molecule has 0 aromatic carbocycles. The summed E-state index contributed by atoms with van der Waals surface area (Å²) in [6.07, 6.45) is 3.62. The van der Waals surface area contributed by atoms with E-state index < -0.39 is 22.0 Å². The summed E-state index contributed by atoms with van der Waals surface area (Å²) in [5.74, 6) is -0.790. The van der Waals surface area contributed by atoms with E-state index in [2.05, 4.69) is 5.32 Å². The quantitative estimate of drug-likeness (QED) is 0.667. The minimum absolute atomic E-state index is 0.107. The average Bonchev–Trinajstić information content (AvgIpc) is 3.24. The lowest BCUT2D eigenvalue weighted by atomic mass is 10.1. The van der Waals surface area contributed by atoms with Crippen LogP contribution in [0.2, 0.25) is 0 Å². The highest BCUT2D eigenvalue weighted by molar-refractivity contribution is 7.89. The molecule has 0 spiro atoms. The zero-order valence-electron chi connectivity index (χ0n) is 14.6. The molecule has 3 heterocycles. The lowest BCUT2D eigenvalue weighted by molar-refractivity contribution is -0.130. The minimum Gasteiger partial charge on any atom is -0.472 e. The zero-order chi connectivity index (χ0) is 18.7. The molecule has 2 aliphatic heterocycles. The minimum atomic E-state index is -3.62. The number of hydrogen-bond acceptors (Lipinski definition) is 7. The fourth-order valence-corrected chi connectivity index (χ4v) is 4.91. The maximum Gasteiger partial charge on any atom is 0.254 e. The van der Waals surface area contributed by atoms with Gasteiger partial charge in [0.1, 0.15) is 6.26 Å². The van der Waals surface area contributed by atoms with E-state index in [0.717, 1.165) is 4.31 Å². The highest BCUT2D eigenvalue weighted by Gasteiger charge is 2.45. The third kappa shape index (κ3) is 3.92. The molecule has 2 saturated heterocycles. The molecule has 1 aromatic rings. The van der Waals surface area contributed by atoms with Crippen LogP contribution in [-0.4, -0.2) is 80.6 Å². The van der Waals surface area contributed by atoms with Crippen molar-refractivity contribution in [1.82, 2.24) is 14.5 Å². The average molecular weight is 385 g/mol. The van der Waals surface area contributed by atoms with Crippen molar-refractivity contribution in [3.8, 4) is 0 Å². The molecular weight excluding hydrogens is 362 g/mol. The van der Waals surface area contributed by atoms with Gasteiger partial charge in [0, 0.05) is 39.4 Å². The van der Waals surface area contributed by atoms with Crippen molar-refractivity contribution in [1.29, 1.82) is 0 Å². The Bertz CT molecular complexity index is 748. The van der Waals surface area contributed by atoms with Crippen LogP contribution in [0.25, 0.3) is 0 Å². The molecule has 2 aliphatic rings. The van der Waals surface area contributed by atoms with Crippen LogP contribution in [0.4, 0.5) is 0 Å². The van der Waals surface area contributed by atoms with E-state index in [1.807, 2.05) is 4.90 Å². The molecule has 144 valence electrons. The normalized spacial score (nSPS) is 25.7. The summed E-state index contributed by atoms with van der Waals surface area (Å²) in [7, 11) is -2.09. The van der Waals surface area contributed by atoms with Crippen LogP contribution in [0.3, 0.4) is 0 Å². The third-order valence-electron chi connectivity index (χ3n) is 4.73. The van der Waals surface area contributed by atoms with Crippen molar-refractivity contribution in [3.05, 3.63) is 24.2 Å². The van der Waals surface area contributed by atoms with Crippen LogP contribution < -0.4 is 5.32 Å². The molecule has 1 N–H and O–H groups in total. The molecular formula is C16H23N3O6S. The number of fused-ring (bicyclic) bond motifs is 1. The van der Waals surface area contributed by atoms with Gasteiger partial charge in [-0.2, -0.15) is 0 Å². The number of nitrogens with zero attached hydrogens (tertiary/aromatic N) is 2. The maximum absolute atomic E-state index is 12.8. The SMILES string of the molecule is COCCCN1C(=O)[C@@H]2C[C@H](NC(=O)c3ccoc3)CN2CCS1(=O)=O. The largest absolute Gasteiger partial charge is 0.472 e. The first-order valence-electron chi connectivity index (χ1n) is 8.52. The van der Waals surface area contributed by atoms with E-state index in [1.165, 1.54) is 19.6 Å². The van der Waals surface area contributed by atoms with Gasteiger partial charge in [0.25, 0.3) is 11.8 Å². The van der Waals surface area contributed by atoms with Crippen molar-refractivity contribution in [2.75, 3.05) is 39.1 Å². The zero-order valence-corrected chi connectivity index (χ0v) is 15.4. The number of ether oxygens (including phenoxy) is 1. The molecule has 2 atom stereocenters. The van der Waals surface area contributed by atoms with Crippen LogP contribution in [0, 0.1) is 0 Å². The molecule has 10 heteroatoms. The van der Waals surface area contributed by atoms with E-state index in [9.17, 15) is 18.0 Å². The summed E-state index contributed by atoms with van der Waals surface area (Å²) in [5.41, 5.74) is 0.419. The topological polar surface area (TPSA) is 109 Å². The Morgan fingerprint density at radius 1 is 1.46 bits per heavy atom. The van der Waals surface area contributed by atoms with E-state index >= 15 is 0 Å². The molecule has 26 heavy (non-hydrogen) atoms. The number of methoxy groups -OCH3 is 1. The van der Waals surface area contributed by atoms with Gasteiger partial charge in [0.05, 0.1) is 23.6 Å². The van der Waals surface area contributed by atoms with Crippen LogP contribution in [-0.2, 0) is 19.6 Å². The van der Waals surface area contributed by atoms with Gasteiger partial charge in [0.2, 0.25) is 10.0 Å². The first-order valence-corrected chi connectivity index (χ1v) is 10.1. The van der Waals surface area contributed by atoms with Gasteiger partial charge >= 0.3 is 0 Å². The van der Waals surface area contributed by atoms with Crippen LogP contribution in [0.5, 0.6) is 0 Å². The van der Waals surface area contributed by atoms with E-state index in [4.69, 9.17) is 9.15 Å². The maximum atomic E-state index is 12.8. The standard InChI is InChI=1S/C16H23N3O6S/c1-24-6-2-4-19-16(21)14-9-13(10-18(14)5-8-26(19,22)23)17-15(20)12-3-7-25-11-12/h3,7,11,13-14H,2,4-6,8-10H2,1H3,(H,17,20)/t13-,14-/m0/s1. The molecule has 2 amide bonds. The van der Waals surface area contributed by atoms with Crippen LogP contribution >= 0.6 is 0 Å². The summed E-state index contributed by atoms with van der Waals surface area (Å²) in [6.45, 7) is 1.22. The summed E-state index contributed by atoms with van der Waals surface area (Å²) in [5, 5.41) is 2.89. The molecule has 0 bridgehead atoms. The second-order valence-corrected chi connectivity index (χ2v) is 8.51. The molecule has 0 aliphatic carbocycles. The summed E-state index contributed by atoms with van der Waals surface area (Å²) in [4.78, 5) is 26.8. The Labute approximate surface area is 152 Å². The summed E-state index contributed by atoms with van der Waals surface area (Å²) in [6, 6.07) is 0.815. The molecule has 1 aromatic heterocycles. The molecule has 0 radical (unpaired) electrons. The fourth-order valence-electron chi connectivity index (χ4n) is 3.42. The number of rotatable bonds is 6. The second-order valence-electron chi connectivity index (χ2n) is 6.50. The monoisotopic (exact) mass is 385 g/mol. The van der Waals surface area contributed by atoms with Gasteiger partial charge in [-0.15, -0.1) is 0 Å². The predicted molar refractivity (Wildman–Crippen MR) is 91.9 cm³/mol. The van der Waals surface area contributed by atoms with Gasteiger partial charge < -0.3 is 14.5 Å². The fraction of sp³-hybridized carbons (Fsp3) is 0.625. The molecule has 0 unspecified atom stereocenters. The van der Waals surface area contributed by atoms with Gasteiger partial charge in [0.15, 0.2) is 0 Å². The number of carbonyl (C=O) groups is 2. The lowest BCUT2D eigenvalue weighted by Gasteiger charge is -2.23.